The molecule has 4 heteroatoms. The third-order valence-electron chi connectivity index (χ3n) is 3.59. The van der Waals surface area contributed by atoms with Gasteiger partial charge in [0.15, 0.2) is 11.5 Å². The van der Waals surface area contributed by atoms with Gasteiger partial charge in [-0.1, -0.05) is 6.92 Å². The third-order valence-corrected chi connectivity index (χ3v) is 5.00. The Balaban J connectivity index is 1.73. The maximum Gasteiger partial charge on any atom is 0.163 e. The number of ether oxygens (including phenoxy) is 2. The first-order valence-corrected chi connectivity index (χ1v) is 8.32. The highest BCUT2D eigenvalue weighted by Crippen LogP contribution is 2.34. The van der Waals surface area contributed by atoms with Crippen molar-refractivity contribution in [1.82, 2.24) is 0 Å². The quantitative estimate of drug-likeness (QED) is 0.892. The Morgan fingerprint density at radius 1 is 1.14 bits per heavy atom. The first-order chi connectivity index (χ1) is 10.3. The number of anilines is 1. The molecule has 112 valence electrons. The number of nitrogens with one attached hydrogen (secondary N) is 1. The molecule has 1 N–H and O–H groups in total. The number of thiophene rings is 1. The fourth-order valence-corrected chi connectivity index (χ4v) is 3.35. The van der Waals surface area contributed by atoms with Gasteiger partial charge in [-0.25, -0.2) is 0 Å². The minimum Gasteiger partial charge on any atom is -0.490 e. The van der Waals surface area contributed by atoms with Crippen LogP contribution in [-0.2, 0) is 6.42 Å². The van der Waals surface area contributed by atoms with Gasteiger partial charge in [0.2, 0.25) is 0 Å². The van der Waals surface area contributed by atoms with E-state index in [9.17, 15) is 0 Å². The van der Waals surface area contributed by atoms with Crippen LogP contribution < -0.4 is 14.8 Å². The van der Waals surface area contributed by atoms with Crippen LogP contribution in [0.3, 0.4) is 0 Å². The molecule has 2 aromatic rings. The Kier molecular flexibility index (Phi) is 4.34. The monoisotopic (exact) mass is 303 g/mol. The molecule has 1 aromatic carbocycles. The molecule has 1 aliphatic heterocycles. The minimum atomic E-state index is 0.292. The second kappa shape index (κ2) is 6.39. The van der Waals surface area contributed by atoms with E-state index in [1.54, 1.807) is 0 Å². The highest BCUT2D eigenvalue weighted by Gasteiger charge is 2.13. The average Bonchev–Trinajstić information content (AvgIpc) is 2.86. The Morgan fingerprint density at radius 2 is 1.95 bits per heavy atom. The molecule has 1 aliphatic rings. The van der Waals surface area contributed by atoms with Gasteiger partial charge in [-0.2, -0.15) is 0 Å². The average molecular weight is 303 g/mol. The maximum absolute atomic E-state index is 5.74. The summed E-state index contributed by atoms with van der Waals surface area (Å²) < 4.78 is 11.4. The predicted molar refractivity (Wildman–Crippen MR) is 87.8 cm³/mol. The summed E-state index contributed by atoms with van der Waals surface area (Å²) in [7, 11) is 0. The first kappa shape index (κ1) is 14.3. The van der Waals surface area contributed by atoms with Crippen molar-refractivity contribution in [2.24, 2.45) is 0 Å². The van der Waals surface area contributed by atoms with Crippen LogP contribution in [0.25, 0.3) is 0 Å². The summed E-state index contributed by atoms with van der Waals surface area (Å²) in [4.78, 5) is 2.79. The number of rotatable bonds is 4. The zero-order valence-corrected chi connectivity index (χ0v) is 13.3. The van der Waals surface area contributed by atoms with E-state index in [1.165, 1.54) is 9.75 Å². The molecule has 1 aromatic heterocycles. The molecule has 0 saturated heterocycles. The van der Waals surface area contributed by atoms with E-state index in [0.29, 0.717) is 6.04 Å². The molecule has 0 spiro atoms. The fourth-order valence-electron chi connectivity index (χ4n) is 2.39. The number of hydrogen-bond donors (Lipinski definition) is 1. The minimum absolute atomic E-state index is 0.292. The van der Waals surface area contributed by atoms with E-state index < -0.39 is 0 Å². The summed E-state index contributed by atoms with van der Waals surface area (Å²) in [5.41, 5.74) is 1.07. The molecule has 0 radical (unpaired) electrons. The summed E-state index contributed by atoms with van der Waals surface area (Å²) in [6.07, 6.45) is 2.03. The largest absolute Gasteiger partial charge is 0.490 e. The molecule has 0 saturated carbocycles. The topological polar surface area (TPSA) is 30.5 Å². The second-order valence-corrected chi connectivity index (χ2v) is 6.44. The summed E-state index contributed by atoms with van der Waals surface area (Å²) in [5.74, 6) is 1.68. The summed E-state index contributed by atoms with van der Waals surface area (Å²) in [5, 5.41) is 3.54. The van der Waals surface area contributed by atoms with Gasteiger partial charge in [0.25, 0.3) is 0 Å². The SMILES string of the molecule is CCc1ccc(C(C)Nc2ccc3c(c2)OCCCO3)s1. The maximum atomic E-state index is 5.74. The molecule has 0 fully saturated rings. The van der Waals surface area contributed by atoms with Gasteiger partial charge in [-0.3, -0.25) is 0 Å². The van der Waals surface area contributed by atoms with Crippen molar-refractivity contribution in [3.63, 3.8) is 0 Å². The van der Waals surface area contributed by atoms with Crippen LogP contribution in [0, 0.1) is 0 Å². The van der Waals surface area contributed by atoms with Crippen LogP contribution in [0.1, 0.15) is 36.1 Å². The van der Waals surface area contributed by atoms with Gasteiger partial charge in [0, 0.05) is 27.9 Å². The van der Waals surface area contributed by atoms with Crippen LogP contribution in [0.15, 0.2) is 30.3 Å². The van der Waals surface area contributed by atoms with Crippen molar-refractivity contribution in [1.29, 1.82) is 0 Å². The van der Waals surface area contributed by atoms with Gasteiger partial charge in [0.1, 0.15) is 0 Å². The molecule has 2 heterocycles. The van der Waals surface area contributed by atoms with E-state index in [1.807, 2.05) is 23.5 Å². The van der Waals surface area contributed by atoms with Gasteiger partial charge in [0.05, 0.1) is 19.3 Å². The Bertz CT molecular complexity index is 609. The zero-order valence-electron chi connectivity index (χ0n) is 12.5. The number of fused-ring (bicyclic) bond motifs is 1. The normalized spacial score (nSPS) is 15.3. The van der Waals surface area contributed by atoms with Crippen LogP contribution in [0.2, 0.25) is 0 Å². The lowest BCUT2D eigenvalue weighted by atomic mass is 10.2. The van der Waals surface area contributed by atoms with Gasteiger partial charge >= 0.3 is 0 Å². The Morgan fingerprint density at radius 3 is 2.71 bits per heavy atom. The Labute approximate surface area is 129 Å². The Hall–Kier alpha value is -1.68. The second-order valence-electron chi connectivity index (χ2n) is 5.24. The number of benzene rings is 1. The van der Waals surface area contributed by atoms with E-state index >= 15 is 0 Å². The van der Waals surface area contributed by atoms with Crippen LogP contribution >= 0.6 is 11.3 Å². The molecule has 1 unspecified atom stereocenters. The van der Waals surface area contributed by atoms with E-state index in [2.05, 4.69) is 37.4 Å². The predicted octanol–water partition coefficient (Wildman–Crippen LogP) is 4.64. The first-order valence-electron chi connectivity index (χ1n) is 7.51. The molecule has 3 nitrogen and oxygen atoms in total. The van der Waals surface area contributed by atoms with Crippen molar-refractivity contribution in [2.45, 2.75) is 32.7 Å². The molecule has 21 heavy (non-hydrogen) atoms. The fraction of sp³-hybridized carbons (Fsp3) is 0.412. The van der Waals surface area contributed by atoms with Gasteiger partial charge in [-0.15, -0.1) is 11.3 Å². The zero-order chi connectivity index (χ0) is 14.7. The highest BCUT2D eigenvalue weighted by molar-refractivity contribution is 7.12. The molecule has 3 rings (SSSR count). The molecular weight excluding hydrogens is 282 g/mol. The van der Waals surface area contributed by atoms with E-state index in [0.717, 1.165) is 43.2 Å². The van der Waals surface area contributed by atoms with Gasteiger partial charge < -0.3 is 14.8 Å². The van der Waals surface area contributed by atoms with Crippen molar-refractivity contribution < 1.29 is 9.47 Å². The van der Waals surface area contributed by atoms with Crippen LogP contribution in [0.5, 0.6) is 11.5 Å². The van der Waals surface area contributed by atoms with Crippen molar-refractivity contribution in [3.05, 3.63) is 40.1 Å². The lowest BCUT2D eigenvalue weighted by molar-refractivity contribution is 0.297. The molecule has 1 atom stereocenters. The highest BCUT2D eigenvalue weighted by atomic mass is 32.1. The third kappa shape index (κ3) is 3.32. The van der Waals surface area contributed by atoms with Crippen molar-refractivity contribution >= 4 is 17.0 Å². The summed E-state index contributed by atoms with van der Waals surface area (Å²) in [6, 6.07) is 10.8. The van der Waals surface area contributed by atoms with Crippen molar-refractivity contribution in [3.8, 4) is 11.5 Å². The molecule has 0 aliphatic carbocycles. The molecule has 0 amide bonds. The van der Waals surface area contributed by atoms with Crippen LogP contribution in [0.4, 0.5) is 5.69 Å². The summed E-state index contributed by atoms with van der Waals surface area (Å²) in [6.45, 7) is 5.83. The molecule has 0 bridgehead atoms. The van der Waals surface area contributed by atoms with Gasteiger partial charge in [-0.05, 0) is 37.6 Å². The number of hydrogen-bond acceptors (Lipinski definition) is 4. The lowest BCUT2D eigenvalue weighted by Crippen LogP contribution is -2.05. The smallest absolute Gasteiger partial charge is 0.163 e. The van der Waals surface area contributed by atoms with Crippen molar-refractivity contribution in [2.75, 3.05) is 18.5 Å². The van der Waals surface area contributed by atoms with E-state index in [4.69, 9.17) is 9.47 Å². The summed E-state index contributed by atoms with van der Waals surface area (Å²) >= 11 is 1.87. The molecular formula is C17H21NO2S. The standard InChI is InChI=1S/C17H21NO2S/c1-3-14-6-8-17(21-14)12(2)18-13-5-7-15-16(11-13)20-10-4-9-19-15/h5-8,11-12,18H,3-4,9-10H2,1-2H3. The van der Waals surface area contributed by atoms with E-state index in [-0.39, 0.29) is 0 Å². The van der Waals surface area contributed by atoms with Crippen LogP contribution in [-0.4, -0.2) is 13.2 Å². The lowest BCUT2D eigenvalue weighted by Gasteiger charge is -2.15. The number of aryl methyl sites for hydroxylation is 1.